The number of amides is 1. The topological polar surface area (TPSA) is 87.1 Å². The lowest BCUT2D eigenvalue weighted by Gasteiger charge is -2.32. The summed E-state index contributed by atoms with van der Waals surface area (Å²) in [6.45, 7) is 2.15. The number of aromatic nitrogens is 4. The molecule has 1 atom stereocenters. The van der Waals surface area contributed by atoms with Gasteiger partial charge in [-0.05, 0) is 33.0 Å². The van der Waals surface area contributed by atoms with Gasteiger partial charge in [-0.25, -0.2) is 15.0 Å². The minimum Gasteiger partial charge on any atom is -0.338 e. The number of anilines is 2. The molecule has 0 radical (unpaired) electrons. The molecular formula is C19H25N7O. The summed E-state index contributed by atoms with van der Waals surface area (Å²) in [5.41, 5.74) is 0.847. The van der Waals surface area contributed by atoms with Crippen molar-refractivity contribution >= 4 is 17.7 Å². The van der Waals surface area contributed by atoms with Gasteiger partial charge in [-0.2, -0.15) is 0 Å². The molecule has 1 saturated heterocycles. The van der Waals surface area contributed by atoms with Gasteiger partial charge in [0.1, 0.15) is 0 Å². The number of likely N-dealkylation sites (tertiary alicyclic amines) is 1. The molecule has 142 valence electrons. The van der Waals surface area contributed by atoms with Crippen molar-refractivity contribution in [1.29, 1.82) is 0 Å². The standard InChI is InChI=1S/C19H25N7O/c1-25(2)12-4-7-16(27)26-13-3-6-15(14-26)17-18(21-11-10-20-17)24-19-22-8-5-9-23-19/h4-5,7-11,15H,3,6,12-14H2,1-2H3,(H,21,22,23,24)/b7-4+/t15-/m0/s1. The molecule has 0 aromatic carbocycles. The molecule has 2 aromatic rings. The fourth-order valence-electron chi connectivity index (χ4n) is 3.08. The van der Waals surface area contributed by atoms with Gasteiger partial charge in [0, 0.05) is 56.4 Å². The third-order valence-electron chi connectivity index (χ3n) is 4.37. The molecule has 27 heavy (non-hydrogen) atoms. The molecule has 0 spiro atoms. The third-order valence-corrected chi connectivity index (χ3v) is 4.37. The summed E-state index contributed by atoms with van der Waals surface area (Å²) >= 11 is 0. The number of hydrogen-bond acceptors (Lipinski definition) is 7. The molecule has 0 bridgehead atoms. The smallest absolute Gasteiger partial charge is 0.246 e. The summed E-state index contributed by atoms with van der Waals surface area (Å²) in [5, 5.41) is 3.14. The third kappa shape index (κ3) is 5.30. The van der Waals surface area contributed by atoms with E-state index in [9.17, 15) is 4.79 Å². The van der Waals surface area contributed by atoms with Gasteiger partial charge >= 0.3 is 0 Å². The van der Waals surface area contributed by atoms with Crippen LogP contribution in [0, 0.1) is 0 Å². The molecule has 1 amide bonds. The molecule has 2 aromatic heterocycles. The Labute approximate surface area is 159 Å². The number of carbonyl (C=O) groups is 1. The van der Waals surface area contributed by atoms with Gasteiger partial charge in [-0.3, -0.25) is 9.78 Å². The van der Waals surface area contributed by atoms with Crippen molar-refractivity contribution in [3.63, 3.8) is 0 Å². The van der Waals surface area contributed by atoms with Crippen LogP contribution in [0.15, 0.2) is 43.0 Å². The summed E-state index contributed by atoms with van der Waals surface area (Å²) in [4.78, 5) is 33.7. The van der Waals surface area contributed by atoms with Crippen molar-refractivity contribution in [1.82, 2.24) is 29.7 Å². The molecular weight excluding hydrogens is 342 g/mol. The van der Waals surface area contributed by atoms with Crippen LogP contribution in [0.1, 0.15) is 24.5 Å². The number of carbonyl (C=O) groups excluding carboxylic acids is 1. The fourth-order valence-corrected chi connectivity index (χ4v) is 3.08. The summed E-state index contributed by atoms with van der Waals surface area (Å²) < 4.78 is 0. The highest BCUT2D eigenvalue weighted by Crippen LogP contribution is 2.30. The average molecular weight is 367 g/mol. The lowest BCUT2D eigenvalue weighted by atomic mass is 9.94. The van der Waals surface area contributed by atoms with Crippen molar-refractivity contribution in [2.45, 2.75) is 18.8 Å². The first kappa shape index (κ1) is 18.9. The van der Waals surface area contributed by atoms with Gasteiger partial charge in [0.15, 0.2) is 5.82 Å². The zero-order chi connectivity index (χ0) is 19.1. The molecule has 0 unspecified atom stereocenters. The Balaban J connectivity index is 1.71. The number of piperidine rings is 1. The van der Waals surface area contributed by atoms with E-state index < -0.39 is 0 Å². The van der Waals surface area contributed by atoms with Crippen LogP contribution >= 0.6 is 0 Å². The maximum Gasteiger partial charge on any atom is 0.246 e. The van der Waals surface area contributed by atoms with E-state index in [-0.39, 0.29) is 11.8 Å². The van der Waals surface area contributed by atoms with Crippen LogP contribution in [0.5, 0.6) is 0 Å². The zero-order valence-electron chi connectivity index (χ0n) is 15.7. The highest BCUT2D eigenvalue weighted by molar-refractivity contribution is 5.87. The molecule has 1 aliphatic heterocycles. The van der Waals surface area contributed by atoms with E-state index in [0.29, 0.717) is 18.3 Å². The predicted octanol–water partition coefficient (Wildman–Crippen LogP) is 1.83. The van der Waals surface area contributed by atoms with Gasteiger partial charge in [-0.1, -0.05) is 6.08 Å². The molecule has 1 fully saturated rings. The SMILES string of the molecule is CN(C)C/C=C/C(=O)N1CCC[C@H](c2nccnc2Nc2ncccn2)C1. The largest absolute Gasteiger partial charge is 0.338 e. The van der Waals surface area contributed by atoms with Crippen molar-refractivity contribution in [3.05, 3.63) is 48.7 Å². The fraction of sp³-hybridized carbons (Fsp3) is 0.421. The van der Waals surface area contributed by atoms with Crippen LogP contribution in [0.4, 0.5) is 11.8 Å². The molecule has 0 aliphatic carbocycles. The van der Waals surface area contributed by atoms with E-state index in [1.807, 2.05) is 30.0 Å². The molecule has 1 N–H and O–H groups in total. The summed E-state index contributed by atoms with van der Waals surface area (Å²) in [5.74, 6) is 1.30. The quantitative estimate of drug-likeness (QED) is 0.780. The van der Waals surface area contributed by atoms with E-state index in [1.165, 1.54) is 0 Å². The van der Waals surface area contributed by atoms with Gasteiger partial charge in [0.25, 0.3) is 0 Å². The Kier molecular flexibility index (Phi) is 6.43. The Bertz CT molecular complexity index is 779. The van der Waals surface area contributed by atoms with E-state index >= 15 is 0 Å². The maximum absolute atomic E-state index is 12.5. The van der Waals surface area contributed by atoms with E-state index in [4.69, 9.17) is 0 Å². The van der Waals surface area contributed by atoms with Crippen LogP contribution in [0.25, 0.3) is 0 Å². The lowest BCUT2D eigenvalue weighted by molar-refractivity contribution is -0.127. The van der Waals surface area contributed by atoms with E-state index in [0.717, 1.165) is 31.6 Å². The van der Waals surface area contributed by atoms with Crippen LogP contribution in [-0.2, 0) is 4.79 Å². The number of hydrogen-bond donors (Lipinski definition) is 1. The van der Waals surface area contributed by atoms with Crippen LogP contribution in [0.2, 0.25) is 0 Å². The zero-order valence-corrected chi connectivity index (χ0v) is 15.7. The molecule has 3 rings (SSSR count). The first-order valence-electron chi connectivity index (χ1n) is 9.08. The second-order valence-corrected chi connectivity index (χ2v) is 6.78. The minimum atomic E-state index is 0.0475. The first-order chi connectivity index (χ1) is 13.1. The summed E-state index contributed by atoms with van der Waals surface area (Å²) in [7, 11) is 3.95. The van der Waals surface area contributed by atoms with Gasteiger partial charge in [0.05, 0.1) is 5.69 Å². The first-order valence-corrected chi connectivity index (χ1v) is 9.08. The van der Waals surface area contributed by atoms with Gasteiger partial charge < -0.3 is 15.1 Å². The lowest BCUT2D eigenvalue weighted by Crippen LogP contribution is -2.38. The van der Waals surface area contributed by atoms with Crippen molar-refractivity contribution in [3.8, 4) is 0 Å². The molecule has 0 saturated carbocycles. The van der Waals surface area contributed by atoms with Crippen molar-refractivity contribution in [2.75, 3.05) is 39.0 Å². The Morgan fingerprint density at radius 3 is 2.78 bits per heavy atom. The Morgan fingerprint density at radius 2 is 2.00 bits per heavy atom. The second-order valence-electron chi connectivity index (χ2n) is 6.78. The molecule has 3 heterocycles. The Morgan fingerprint density at radius 1 is 1.22 bits per heavy atom. The van der Waals surface area contributed by atoms with Crippen LogP contribution in [-0.4, -0.2) is 69.4 Å². The molecule has 8 heteroatoms. The van der Waals surface area contributed by atoms with Crippen molar-refractivity contribution < 1.29 is 4.79 Å². The molecule has 1 aliphatic rings. The average Bonchev–Trinajstić information content (AvgIpc) is 2.69. The highest BCUT2D eigenvalue weighted by atomic mass is 16.2. The van der Waals surface area contributed by atoms with Crippen LogP contribution < -0.4 is 5.32 Å². The van der Waals surface area contributed by atoms with E-state index in [1.54, 1.807) is 36.9 Å². The maximum atomic E-state index is 12.5. The minimum absolute atomic E-state index is 0.0475. The molecule has 8 nitrogen and oxygen atoms in total. The predicted molar refractivity (Wildman–Crippen MR) is 104 cm³/mol. The number of nitrogens with one attached hydrogen (secondary N) is 1. The number of likely N-dealkylation sites (N-methyl/N-ethyl adjacent to an activating group) is 1. The monoisotopic (exact) mass is 367 g/mol. The normalized spacial score (nSPS) is 17.4. The van der Waals surface area contributed by atoms with Crippen molar-refractivity contribution in [2.24, 2.45) is 0 Å². The summed E-state index contributed by atoms with van der Waals surface area (Å²) in [6.07, 6.45) is 12.1. The number of nitrogens with zero attached hydrogens (tertiary/aromatic N) is 6. The summed E-state index contributed by atoms with van der Waals surface area (Å²) in [6, 6.07) is 1.76. The Hall–Kier alpha value is -2.87. The van der Waals surface area contributed by atoms with Gasteiger partial charge in [0.2, 0.25) is 11.9 Å². The van der Waals surface area contributed by atoms with Crippen LogP contribution in [0.3, 0.4) is 0 Å². The van der Waals surface area contributed by atoms with Gasteiger partial charge in [-0.15, -0.1) is 0 Å². The number of rotatable bonds is 6. The van der Waals surface area contributed by atoms with E-state index in [2.05, 4.69) is 25.3 Å². The second kappa shape index (κ2) is 9.18. The highest BCUT2D eigenvalue weighted by Gasteiger charge is 2.27.